The zero-order valence-electron chi connectivity index (χ0n) is 12.9. The van der Waals surface area contributed by atoms with Gasteiger partial charge in [0.25, 0.3) is 0 Å². The van der Waals surface area contributed by atoms with Crippen molar-refractivity contribution in [3.05, 3.63) is 23.8 Å². The van der Waals surface area contributed by atoms with Gasteiger partial charge >= 0.3 is 0 Å². The molecular weight excluding hydrogens is 308 g/mol. The minimum atomic E-state index is -1.59. The second kappa shape index (κ2) is 9.83. The Labute approximate surface area is 133 Å². The summed E-state index contributed by atoms with van der Waals surface area (Å²) in [6, 6.07) is 0. The second-order valence-electron chi connectivity index (χ2n) is 5.07. The fourth-order valence-corrected chi connectivity index (χ4v) is 1.96. The van der Waals surface area contributed by atoms with Gasteiger partial charge in [0, 0.05) is 19.2 Å². The Balaban J connectivity index is 2.75. The van der Waals surface area contributed by atoms with Gasteiger partial charge in [-0.3, -0.25) is 9.97 Å². The maximum Gasteiger partial charge on any atom is 0.126 e. The molecule has 0 radical (unpaired) electrons. The van der Waals surface area contributed by atoms with E-state index in [1.807, 2.05) is 0 Å². The van der Waals surface area contributed by atoms with Gasteiger partial charge in [-0.15, -0.1) is 0 Å². The molecule has 1 rings (SSSR count). The van der Waals surface area contributed by atoms with Crippen LogP contribution in [-0.4, -0.2) is 84.8 Å². The van der Waals surface area contributed by atoms with Crippen LogP contribution >= 0.6 is 0 Å². The van der Waals surface area contributed by atoms with Crippen molar-refractivity contribution in [2.24, 2.45) is 0 Å². The summed E-state index contributed by atoms with van der Waals surface area (Å²) < 4.78 is 5.33. The summed E-state index contributed by atoms with van der Waals surface area (Å²) in [6.45, 7) is 0.978. The molecule has 9 nitrogen and oxygen atoms in total. The van der Waals surface area contributed by atoms with Crippen LogP contribution in [0.3, 0.4) is 0 Å². The first kappa shape index (κ1) is 19.8. The lowest BCUT2D eigenvalue weighted by Crippen LogP contribution is -2.35. The molecule has 1 aromatic rings. The van der Waals surface area contributed by atoms with E-state index in [1.54, 1.807) is 6.92 Å². The van der Waals surface area contributed by atoms with Gasteiger partial charge in [-0.2, -0.15) is 0 Å². The molecule has 0 saturated carbocycles. The van der Waals surface area contributed by atoms with Crippen LogP contribution in [0, 0.1) is 0 Å². The largest absolute Gasteiger partial charge is 0.394 e. The standard InChI is InChI=1S/C14H24N2O7/c1-2-23-12(10(19)6-17)3-8-4-16-9(5-15-8)13(21)14(22)11(20)7-18/h4-5,10-14,17-22H,2-3,6-7H2,1H3/t10-,11-,12-,13-,14-/m1/s1. The number of aliphatic hydroxyl groups is 6. The van der Waals surface area contributed by atoms with E-state index < -0.39 is 43.7 Å². The highest BCUT2D eigenvalue weighted by atomic mass is 16.5. The molecule has 0 amide bonds. The van der Waals surface area contributed by atoms with Gasteiger partial charge in [0.15, 0.2) is 0 Å². The van der Waals surface area contributed by atoms with Gasteiger partial charge in [0.05, 0.1) is 36.9 Å². The molecule has 0 bridgehead atoms. The number of ether oxygens (including phenoxy) is 1. The van der Waals surface area contributed by atoms with Crippen molar-refractivity contribution in [1.82, 2.24) is 9.97 Å². The van der Waals surface area contributed by atoms with Crippen LogP contribution in [0.15, 0.2) is 12.4 Å². The van der Waals surface area contributed by atoms with Crippen molar-refractivity contribution in [3.8, 4) is 0 Å². The topological polar surface area (TPSA) is 156 Å². The van der Waals surface area contributed by atoms with Crippen molar-refractivity contribution in [2.75, 3.05) is 19.8 Å². The van der Waals surface area contributed by atoms with Crippen LogP contribution < -0.4 is 0 Å². The molecule has 5 atom stereocenters. The summed E-state index contributed by atoms with van der Waals surface area (Å²) in [5.41, 5.74) is 0.494. The third-order valence-electron chi connectivity index (χ3n) is 3.34. The lowest BCUT2D eigenvalue weighted by atomic mass is 10.1. The third-order valence-corrected chi connectivity index (χ3v) is 3.34. The molecule has 0 aliphatic carbocycles. The zero-order chi connectivity index (χ0) is 17.4. The SMILES string of the molecule is CCO[C@H](Cc1cnc([C@@H](O)[C@H](O)[C@H](O)CO)cn1)[C@H](O)CO. The van der Waals surface area contributed by atoms with E-state index in [9.17, 15) is 20.4 Å². The van der Waals surface area contributed by atoms with Crippen LogP contribution in [-0.2, 0) is 11.2 Å². The predicted molar refractivity (Wildman–Crippen MR) is 78.3 cm³/mol. The maximum atomic E-state index is 9.85. The van der Waals surface area contributed by atoms with E-state index in [0.717, 1.165) is 0 Å². The molecule has 6 N–H and O–H groups in total. The number of hydrogen-bond acceptors (Lipinski definition) is 9. The Morgan fingerprint density at radius 2 is 1.65 bits per heavy atom. The minimum absolute atomic E-state index is 0.0319. The Bertz CT molecular complexity index is 445. The fourth-order valence-electron chi connectivity index (χ4n) is 1.96. The molecule has 1 heterocycles. The number of rotatable bonds is 10. The summed E-state index contributed by atoms with van der Waals surface area (Å²) in [5, 5.41) is 56.2. The first-order valence-corrected chi connectivity index (χ1v) is 7.30. The van der Waals surface area contributed by atoms with Crippen molar-refractivity contribution < 1.29 is 35.4 Å². The van der Waals surface area contributed by atoms with Crippen LogP contribution in [0.4, 0.5) is 0 Å². The first-order valence-electron chi connectivity index (χ1n) is 7.30. The molecule has 0 aliphatic heterocycles. The molecule has 132 valence electrons. The van der Waals surface area contributed by atoms with Crippen LogP contribution in [0.5, 0.6) is 0 Å². The quantitative estimate of drug-likeness (QED) is 0.273. The number of aliphatic hydroxyl groups excluding tert-OH is 6. The van der Waals surface area contributed by atoms with Crippen LogP contribution in [0.1, 0.15) is 24.4 Å². The minimum Gasteiger partial charge on any atom is -0.394 e. The number of hydrogen-bond donors (Lipinski definition) is 6. The van der Waals surface area contributed by atoms with E-state index in [-0.39, 0.29) is 12.1 Å². The molecule has 1 aromatic heterocycles. The van der Waals surface area contributed by atoms with Gasteiger partial charge in [0.1, 0.15) is 24.4 Å². The highest BCUT2D eigenvalue weighted by Gasteiger charge is 2.27. The molecular formula is C14H24N2O7. The van der Waals surface area contributed by atoms with Crippen molar-refractivity contribution in [1.29, 1.82) is 0 Å². The van der Waals surface area contributed by atoms with Gasteiger partial charge in [-0.25, -0.2) is 0 Å². The van der Waals surface area contributed by atoms with Crippen molar-refractivity contribution in [2.45, 2.75) is 43.9 Å². The van der Waals surface area contributed by atoms with E-state index in [0.29, 0.717) is 12.3 Å². The molecule has 0 spiro atoms. The number of nitrogens with zero attached hydrogens (tertiary/aromatic N) is 2. The Morgan fingerprint density at radius 1 is 1.00 bits per heavy atom. The van der Waals surface area contributed by atoms with Crippen LogP contribution in [0.2, 0.25) is 0 Å². The Morgan fingerprint density at radius 3 is 2.13 bits per heavy atom. The van der Waals surface area contributed by atoms with Gasteiger partial charge in [0.2, 0.25) is 0 Å². The second-order valence-corrected chi connectivity index (χ2v) is 5.07. The van der Waals surface area contributed by atoms with Crippen molar-refractivity contribution in [3.63, 3.8) is 0 Å². The molecule has 0 saturated heterocycles. The molecule has 0 aromatic carbocycles. The van der Waals surface area contributed by atoms with Gasteiger partial charge < -0.3 is 35.4 Å². The smallest absolute Gasteiger partial charge is 0.126 e. The van der Waals surface area contributed by atoms with E-state index in [2.05, 4.69) is 9.97 Å². The van der Waals surface area contributed by atoms with E-state index in [1.165, 1.54) is 12.4 Å². The summed E-state index contributed by atoms with van der Waals surface area (Å²) in [5.74, 6) is 0. The van der Waals surface area contributed by atoms with Crippen LogP contribution in [0.25, 0.3) is 0 Å². The van der Waals surface area contributed by atoms with E-state index in [4.69, 9.17) is 14.9 Å². The van der Waals surface area contributed by atoms with Gasteiger partial charge in [-0.05, 0) is 6.92 Å². The Hall–Kier alpha value is -1.20. The third kappa shape index (κ3) is 5.74. The Kier molecular flexibility index (Phi) is 8.48. The lowest BCUT2D eigenvalue weighted by molar-refractivity contribution is -0.0790. The summed E-state index contributed by atoms with van der Waals surface area (Å²) in [6.07, 6.45) is -3.50. The highest BCUT2D eigenvalue weighted by molar-refractivity contribution is 5.08. The lowest BCUT2D eigenvalue weighted by Gasteiger charge is -2.22. The normalized spacial score (nSPS) is 18.2. The molecule has 0 aliphatic rings. The first-order chi connectivity index (χ1) is 10.9. The molecule has 23 heavy (non-hydrogen) atoms. The van der Waals surface area contributed by atoms with Gasteiger partial charge in [-0.1, -0.05) is 0 Å². The summed E-state index contributed by atoms with van der Waals surface area (Å²) >= 11 is 0. The molecule has 0 fully saturated rings. The van der Waals surface area contributed by atoms with E-state index >= 15 is 0 Å². The average molecular weight is 332 g/mol. The van der Waals surface area contributed by atoms with Crippen molar-refractivity contribution >= 4 is 0 Å². The molecule has 9 heteroatoms. The summed E-state index contributed by atoms with van der Waals surface area (Å²) in [7, 11) is 0. The highest BCUT2D eigenvalue weighted by Crippen LogP contribution is 2.17. The maximum absolute atomic E-state index is 9.85. The average Bonchev–Trinajstić information content (AvgIpc) is 2.59. The molecule has 0 unspecified atom stereocenters. The monoisotopic (exact) mass is 332 g/mol. The number of aromatic nitrogens is 2. The summed E-state index contributed by atoms with van der Waals surface area (Å²) in [4.78, 5) is 8.01. The predicted octanol–water partition coefficient (Wildman–Crippen LogP) is -2.48. The zero-order valence-corrected chi connectivity index (χ0v) is 12.9. The fraction of sp³-hybridized carbons (Fsp3) is 0.714.